The van der Waals surface area contributed by atoms with Crippen molar-refractivity contribution < 1.29 is 28.0 Å². The van der Waals surface area contributed by atoms with Gasteiger partial charge in [0, 0.05) is 12.1 Å². The monoisotopic (exact) mass is 500 g/mol. The van der Waals surface area contributed by atoms with Crippen LogP contribution < -0.4 is 16.0 Å². The standard InChI is InChI=1S/C26H33FN4O5/c1-15(2)12-21(29-25(34)23-16(3)14-36-17(23)4)24(33)28-20-10-7-11-31(13-22(20)32)26(35)30-19-9-6-5-8-18(19)27/h5-6,8-9,14-15,20-21H,7,10-13H2,1-4H3,(H,28,33)(H,29,34)(H,30,35)/t20?,21-/m0/s1. The molecular weight excluding hydrogens is 467 g/mol. The van der Waals surface area contributed by atoms with Crippen LogP contribution >= 0.6 is 0 Å². The second-order valence-electron chi connectivity index (χ2n) is 9.51. The van der Waals surface area contributed by atoms with Crippen LogP contribution in [0.1, 0.15) is 54.8 Å². The number of anilines is 1. The molecule has 1 aliphatic rings. The Hall–Kier alpha value is -3.69. The largest absolute Gasteiger partial charge is 0.469 e. The predicted octanol–water partition coefficient (Wildman–Crippen LogP) is 3.56. The Labute approximate surface area is 209 Å². The predicted molar refractivity (Wildman–Crippen MR) is 132 cm³/mol. The molecule has 0 saturated carbocycles. The van der Waals surface area contributed by atoms with Crippen molar-refractivity contribution in [3.63, 3.8) is 0 Å². The molecule has 3 rings (SSSR count). The fourth-order valence-corrected chi connectivity index (χ4v) is 4.22. The summed E-state index contributed by atoms with van der Waals surface area (Å²) in [4.78, 5) is 52.8. The van der Waals surface area contributed by atoms with Crippen molar-refractivity contribution in [2.45, 2.75) is 59.0 Å². The number of halogens is 1. The van der Waals surface area contributed by atoms with E-state index in [0.29, 0.717) is 36.1 Å². The van der Waals surface area contributed by atoms with Crippen molar-refractivity contribution in [1.29, 1.82) is 0 Å². The van der Waals surface area contributed by atoms with Crippen LogP contribution in [0.2, 0.25) is 0 Å². The maximum absolute atomic E-state index is 13.9. The number of furan rings is 1. The number of likely N-dealkylation sites (tertiary alicyclic amines) is 1. The smallest absolute Gasteiger partial charge is 0.322 e. The van der Waals surface area contributed by atoms with Gasteiger partial charge in [-0.15, -0.1) is 0 Å². The van der Waals surface area contributed by atoms with Gasteiger partial charge in [-0.2, -0.15) is 0 Å². The van der Waals surface area contributed by atoms with E-state index in [1.807, 2.05) is 13.8 Å². The molecule has 0 aliphatic carbocycles. The number of nitrogens with zero attached hydrogens (tertiary/aromatic N) is 1. The summed E-state index contributed by atoms with van der Waals surface area (Å²) in [5.74, 6) is -1.21. The molecule has 1 aromatic heterocycles. The summed E-state index contributed by atoms with van der Waals surface area (Å²) >= 11 is 0. The maximum atomic E-state index is 13.9. The molecule has 1 aliphatic heterocycles. The first kappa shape index (κ1) is 26.9. The number of hydrogen-bond acceptors (Lipinski definition) is 5. The number of Topliss-reactive ketones (excluding diaryl/α,β-unsaturated/α-hetero) is 1. The number of para-hydroxylation sites is 1. The number of ketones is 1. The van der Waals surface area contributed by atoms with Gasteiger partial charge in [-0.3, -0.25) is 14.4 Å². The molecule has 194 valence electrons. The molecular formula is C26H33FN4O5. The second kappa shape index (κ2) is 11.8. The van der Waals surface area contributed by atoms with E-state index in [1.165, 1.54) is 29.4 Å². The second-order valence-corrected chi connectivity index (χ2v) is 9.51. The Morgan fingerprint density at radius 1 is 1.19 bits per heavy atom. The summed E-state index contributed by atoms with van der Waals surface area (Å²) in [7, 11) is 0. The third kappa shape index (κ3) is 6.71. The van der Waals surface area contributed by atoms with E-state index in [0.717, 1.165) is 0 Å². The molecule has 0 radical (unpaired) electrons. The highest BCUT2D eigenvalue weighted by atomic mass is 19.1. The molecule has 2 aromatic rings. The van der Waals surface area contributed by atoms with Crippen molar-refractivity contribution in [3.8, 4) is 0 Å². The van der Waals surface area contributed by atoms with Crippen molar-refractivity contribution in [2.75, 3.05) is 18.4 Å². The van der Waals surface area contributed by atoms with Crippen molar-refractivity contribution >= 4 is 29.3 Å². The average Bonchev–Trinajstić information content (AvgIpc) is 3.04. The van der Waals surface area contributed by atoms with E-state index in [1.54, 1.807) is 19.9 Å². The summed E-state index contributed by atoms with van der Waals surface area (Å²) in [5, 5.41) is 8.03. The van der Waals surface area contributed by atoms with Gasteiger partial charge in [-0.25, -0.2) is 9.18 Å². The van der Waals surface area contributed by atoms with E-state index < -0.39 is 35.7 Å². The molecule has 3 N–H and O–H groups in total. The number of aryl methyl sites for hydroxylation is 2. The Kier molecular flexibility index (Phi) is 8.84. The first-order chi connectivity index (χ1) is 17.1. The van der Waals surface area contributed by atoms with Crippen LogP contribution in [-0.4, -0.2) is 53.7 Å². The van der Waals surface area contributed by atoms with Gasteiger partial charge in [0.2, 0.25) is 5.91 Å². The van der Waals surface area contributed by atoms with Gasteiger partial charge < -0.3 is 25.3 Å². The van der Waals surface area contributed by atoms with Crippen molar-refractivity contribution in [1.82, 2.24) is 15.5 Å². The summed E-state index contributed by atoms with van der Waals surface area (Å²) < 4.78 is 19.2. The SMILES string of the molecule is Cc1coc(C)c1C(=O)N[C@@H](CC(C)C)C(=O)NC1CCCN(C(=O)Nc2ccccc2F)CC1=O. The number of nitrogens with one attached hydrogen (secondary N) is 3. The maximum Gasteiger partial charge on any atom is 0.322 e. The summed E-state index contributed by atoms with van der Waals surface area (Å²) in [6.45, 7) is 7.36. The minimum absolute atomic E-state index is 0.0272. The molecule has 0 spiro atoms. The van der Waals surface area contributed by atoms with E-state index in [9.17, 15) is 23.6 Å². The quantitative estimate of drug-likeness (QED) is 0.537. The zero-order valence-corrected chi connectivity index (χ0v) is 21.0. The van der Waals surface area contributed by atoms with Gasteiger partial charge in [-0.05, 0) is 51.2 Å². The van der Waals surface area contributed by atoms with E-state index in [-0.39, 0.29) is 30.5 Å². The van der Waals surface area contributed by atoms with Crippen molar-refractivity contribution in [2.24, 2.45) is 5.92 Å². The van der Waals surface area contributed by atoms with Gasteiger partial charge >= 0.3 is 6.03 Å². The van der Waals surface area contributed by atoms with Gasteiger partial charge in [0.15, 0.2) is 5.78 Å². The fraction of sp³-hybridized carbons (Fsp3) is 0.462. The highest BCUT2D eigenvalue weighted by Crippen LogP contribution is 2.18. The lowest BCUT2D eigenvalue weighted by molar-refractivity contribution is -0.129. The Bertz CT molecular complexity index is 1110. The van der Waals surface area contributed by atoms with Crippen LogP contribution in [0.25, 0.3) is 0 Å². The topological polar surface area (TPSA) is 121 Å². The van der Waals surface area contributed by atoms with Crippen LogP contribution in [0.5, 0.6) is 0 Å². The number of benzene rings is 1. The highest BCUT2D eigenvalue weighted by molar-refractivity contribution is 6.00. The number of urea groups is 1. The van der Waals surface area contributed by atoms with Gasteiger partial charge in [0.1, 0.15) is 17.6 Å². The fourth-order valence-electron chi connectivity index (χ4n) is 4.22. The molecule has 36 heavy (non-hydrogen) atoms. The Morgan fingerprint density at radius 3 is 2.56 bits per heavy atom. The zero-order valence-electron chi connectivity index (χ0n) is 21.0. The third-order valence-corrected chi connectivity index (χ3v) is 6.09. The normalized spacial score (nSPS) is 16.9. The minimum Gasteiger partial charge on any atom is -0.469 e. The number of carbonyl (C=O) groups is 4. The lowest BCUT2D eigenvalue weighted by Crippen LogP contribution is -2.53. The summed E-state index contributed by atoms with van der Waals surface area (Å²) in [6.07, 6.45) is 2.68. The summed E-state index contributed by atoms with van der Waals surface area (Å²) in [6, 6.07) is 3.55. The van der Waals surface area contributed by atoms with Crippen LogP contribution in [0.3, 0.4) is 0 Å². The third-order valence-electron chi connectivity index (χ3n) is 6.09. The molecule has 9 nitrogen and oxygen atoms in total. The number of rotatable bonds is 7. The van der Waals surface area contributed by atoms with E-state index in [4.69, 9.17) is 4.42 Å². The van der Waals surface area contributed by atoms with E-state index in [2.05, 4.69) is 16.0 Å². The molecule has 4 amide bonds. The van der Waals surface area contributed by atoms with E-state index >= 15 is 0 Å². The van der Waals surface area contributed by atoms with Gasteiger partial charge in [0.25, 0.3) is 5.91 Å². The lowest BCUT2D eigenvalue weighted by atomic mass is 10.0. The number of amides is 4. The molecule has 1 aromatic carbocycles. The first-order valence-electron chi connectivity index (χ1n) is 12.1. The van der Waals surface area contributed by atoms with Crippen LogP contribution in [-0.2, 0) is 9.59 Å². The van der Waals surface area contributed by atoms with Crippen LogP contribution in [0.15, 0.2) is 34.9 Å². The highest BCUT2D eigenvalue weighted by Gasteiger charge is 2.32. The first-order valence-corrected chi connectivity index (χ1v) is 12.1. The Balaban J connectivity index is 1.64. The molecule has 1 saturated heterocycles. The van der Waals surface area contributed by atoms with Crippen LogP contribution in [0, 0.1) is 25.6 Å². The molecule has 10 heteroatoms. The lowest BCUT2D eigenvalue weighted by Gasteiger charge is -2.24. The Morgan fingerprint density at radius 2 is 1.92 bits per heavy atom. The molecule has 1 unspecified atom stereocenters. The van der Waals surface area contributed by atoms with Crippen molar-refractivity contribution in [3.05, 3.63) is 53.2 Å². The van der Waals surface area contributed by atoms with Gasteiger partial charge in [-0.1, -0.05) is 26.0 Å². The number of hydrogen-bond donors (Lipinski definition) is 3. The molecule has 2 heterocycles. The molecule has 2 atom stereocenters. The molecule has 0 bridgehead atoms. The summed E-state index contributed by atoms with van der Waals surface area (Å²) in [5.41, 5.74) is 1.08. The van der Waals surface area contributed by atoms with Gasteiger partial charge in [0.05, 0.1) is 30.1 Å². The minimum atomic E-state index is -0.845. The van der Waals surface area contributed by atoms with Crippen LogP contribution in [0.4, 0.5) is 14.9 Å². The average molecular weight is 501 g/mol. The molecule has 1 fully saturated rings. The number of carbonyl (C=O) groups excluding carboxylic acids is 4. The zero-order chi connectivity index (χ0) is 26.4.